The van der Waals surface area contributed by atoms with Gasteiger partial charge in [0.1, 0.15) is 5.01 Å². The number of amides is 1. The first kappa shape index (κ1) is 16.9. The van der Waals surface area contributed by atoms with Gasteiger partial charge in [-0.05, 0) is 32.1 Å². The average molecular weight is 337 g/mol. The minimum absolute atomic E-state index is 0.0654. The van der Waals surface area contributed by atoms with Crippen LogP contribution in [0.2, 0.25) is 0 Å². The summed E-state index contributed by atoms with van der Waals surface area (Å²) >= 11 is 1.71. The van der Waals surface area contributed by atoms with Gasteiger partial charge in [0.2, 0.25) is 5.91 Å². The van der Waals surface area contributed by atoms with Crippen molar-refractivity contribution < 1.29 is 9.53 Å². The highest BCUT2D eigenvalue weighted by Crippen LogP contribution is 2.35. The predicted molar refractivity (Wildman–Crippen MR) is 92.7 cm³/mol. The number of piperidine rings is 1. The second kappa shape index (κ2) is 6.89. The van der Waals surface area contributed by atoms with Crippen molar-refractivity contribution in [2.75, 3.05) is 13.2 Å². The largest absolute Gasteiger partial charge is 0.378 e. The molecule has 2 fully saturated rings. The van der Waals surface area contributed by atoms with Crippen molar-refractivity contribution in [3.63, 3.8) is 0 Å². The van der Waals surface area contributed by atoms with Gasteiger partial charge in [-0.15, -0.1) is 11.3 Å². The summed E-state index contributed by atoms with van der Waals surface area (Å²) in [5.41, 5.74) is 1.20. The molecule has 3 rings (SSSR count). The summed E-state index contributed by atoms with van der Waals surface area (Å²) in [6.45, 7) is 8.23. The molecule has 3 heterocycles. The van der Waals surface area contributed by atoms with Gasteiger partial charge in [-0.25, -0.2) is 4.98 Å². The lowest BCUT2D eigenvalue weighted by atomic mass is 9.93. The maximum absolute atomic E-state index is 12.8. The summed E-state index contributed by atoms with van der Waals surface area (Å²) in [6.07, 6.45) is 6.09. The van der Waals surface area contributed by atoms with Crippen LogP contribution in [0.15, 0.2) is 5.38 Å². The molecule has 4 nitrogen and oxygen atoms in total. The molecule has 0 spiro atoms. The number of likely N-dealkylation sites (tertiary alicyclic amines) is 1. The normalized spacial score (nSPS) is 25.8. The maximum atomic E-state index is 12.8. The minimum Gasteiger partial charge on any atom is -0.378 e. The van der Waals surface area contributed by atoms with Crippen molar-refractivity contribution in [3.8, 4) is 0 Å². The second-order valence-corrected chi connectivity index (χ2v) is 8.65. The molecule has 2 atom stereocenters. The molecule has 0 N–H and O–H groups in total. The summed E-state index contributed by atoms with van der Waals surface area (Å²) in [6, 6.07) is 0.166. The molecule has 0 aromatic carbocycles. The van der Waals surface area contributed by atoms with Crippen molar-refractivity contribution in [2.45, 2.75) is 76.9 Å². The molecule has 1 aromatic heterocycles. The fourth-order valence-corrected chi connectivity index (χ4v) is 4.58. The van der Waals surface area contributed by atoms with E-state index in [-0.39, 0.29) is 23.5 Å². The third kappa shape index (κ3) is 3.94. The quantitative estimate of drug-likeness (QED) is 0.836. The Bertz CT molecular complexity index is 543. The monoisotopic (exact) mass is 336 g/mol. The van der Waals surface area contributed by atoms with Crippen molar-refractivity contribution in [3.05, 3.63) is 16.1 Å². The molecule has 0 aliphatic carbocycles. The first-order valence-corrected chi connectivity index (χ1v) is 9.70. The Hall–Kier alpha value is -0.940. The van der Waals surface area contributed by atoms with Crippen LogP contribution in [0.25, 0.3) is 0 Å². The predicted octanol–water partition coefficient (Wildman–Crippen LogP) is 4.06. The lowest BCUT2D eigenvalue weighted by Crippen LogP contribution is -2.39. The van der Waals surface area contributed by atoms with E-state index in [1.54, 1.807) is 11.3 Å². The average Bonchev–Trinajstić information content (AvgIpc) is 3.18. The van der Waals surface area contributed by atoms with Crippen LogP contribution in [0.4, 0.5) is 0 Å². The van der Waals surface area contributed by atoms with Crippen LogP contribution in [0.5, 0.6) is 0 Å². The molecule has 2 saturated heterocycles. The molecule has 0 bridgehead atoms. The fraction of sp³-hybridized carbons (Fsp3) is 0.778. The number of thiazole rings is 1. The molecule has 128 valence electrons. The van der Waals surface area contributed by atoms with Crippen LogP contribution in [-0.4, -0.2) is 35.0 Å². The molecule has 0 radical (unpaired) electrons. The number of hydrogen-bond donors (Lipinski definition) is 0. The van der Waals surface area contributed by atoms with Crippen molar-refractivity contribution in [1.29, 1.82) is 0 Å². The van der Waals surface area contributed by atoms with E-state index in [0.717, 1.165) is 49.5 Å². The zero-order valence-corrected chi connectivity index (χ0v) is 15.3. The highest BCUT2D eigenvalue weighted by atomic mass is 32.1. The Kier molecular flexibility index (Phi) is 5.07. The number of carbonyl (C=O) groups excluding carboxylic acids is 1. The first-order valence-electron chi connectivity index (χ1n) is 8.82. The number of aromatic nitrogens is 1. The molecule has 2 aliphatic heterocycles. The van der Waals surface area contributed by atoms with Crippen LogP contribution >= 0.6 is 11.3 Å². The van der Waals surface area contributed by atoms with Crippen LogP contribution < -0.4 is 0 Å². The molecule has 23 heavy (non-hydrogen) atoms. The van der Waals surface area contributed by atoms with E-state index >= 15 is 0 Å². The zero-order valence-electron chi connectivity index (χ0n) is 14.5. The number of hydrogen-bond acceptors (Lipinski definition) is 4. The van der Waals surface area contributed by atoms with Gasteiger partial charge >= 0.3 is 0 Å². The second-order valence-electron chi connectivity index (χ2n) is 7.76. The molecule has 0 saturated carbocycles. The van der Waals surface area contributed by atoms with E-state index in [1.165, 1.54) is 6.42 Å². The summed E-state index contributed by atoms with van der Waals surface area (Å²) in [5.74, 6) is 0.245. The lowest BCUT2D eigenvalue weighted by Gasteiger charge is -2.35. The van der Waals surface area contributed by atoms with Gasteiger partial charge in [-0.3, -0.25) is 4.79 Å². The van der Waals surface area contributed by atoms with Gasteiger partial charge in [0.05, 0.1) is 24.3 Å². The van der Waals surface area contributed by atoms with Crippen LogP contribution in [0.3, 0.4) is 0 Å². The van der Waals surface area contributed by atoms with Crippen molar-refractivity contribution >= 4 is 17.2 Å². The van der Waals surface area contributed by atoms with E-state index in [9.17, 15) is 4.79 Å². The standard InChI is InChI=1S/C18H28N2O2S/c1-18(2,3)15-12-23-17(19-15)14-8-4-5-9-20(14)16(21)11-13-7-6-10-22-13/h12-14H,4-11H2,1-3H3. The highest BCUT2D eigenvalue weighted by molar-refractivity contribution is 7.09. The number of nitrogens with zero attached hydrogens (tertiary/aromatic N) is 2. The van der Waals surface area contributed by atoms with E-state index in [0.29, 0.717) is 6.42 Å². The Morgan fingerprint density at radius 3 is 2.83 bits per heavy atom. The van der Waals surface area contributed by atoms with Gasteiger partial charge in [-0.2, -0.15) is 0 Å². The summed E-state index contributed by atoms with van der Waals surface area (Å²) in [5, 5.41) is 3.27. The van der Waals surface area contributed by atoms with Gasteiger partial charge in [0.15, 0.2) is 0 Å². The topological polar surface area (TPSA) is 42.4 Å². The van der Waals surface area contributed by atoms with E-state index < -0.39 is 0 Å². The van der Waals surface area contributed by atoms with E-state index in [4.69, 9.17) is 9.72 Å². The van der Waals surface area contributed by atoms with Gasteiger partial charge < -0.3 is 9.64 Å². The molecular formula is C18H28N2O2S. The SMILES string of the molecule is CC(C)(C)c1csc(C2CCCCN2C(=O)CC2CCCO2)n1. The molecule has 1 amide bonds. The number of ether oxygens (including phenoxy) is 1. The molecule has 2 unspecified atom stereocenters. The van der Waals surface area contributed by atoms with Crippen LogP contribution in [0.1, 0.15) is 76.0 Å². The molecule has 5 heteroatoms. The Morgan fingerprint density at radius 1 is 1.35 bits per heavy atom. The van der Waals surface area contributed by atoms with Gasteiger partial charge in [0.25, 0.3) is 0 Å². The number of rotatable bonds is 3. The van der Waals surface area contributed by atoms with Crippen LogP contribution in [0, 0.1) is 0 Å². The van der Waals surface area contributed by atoms with E-state index in [1.807, 2.05) is 0 Å². The highest BCUT2D eigenvalue weighted by Gasteiger charge is 2.32. The van der Waals surface area contributed by atoms with Gasteiger partial charge in [-0.1, -0.05) is 20.8 Å². The number of carbonyl (C=O) groups is 1. The third-order valence-corrected chi connectivity index (χ3v) is 5.77. The van der Waals surface area contributed by atoms with E-state index in [2.05, 4.69) is 31.1 Å². The van der Waals surface area contributed by atoms with Crippen molar-refractivity contribution in [2.24, 2.45) is 0 Å². The lowest BCUT2D eigenvalue weighted by molar-refractivity contribution is -0.137. The fourth-order valence-electron chi connectivity index (χ4n) is 3.39. The molecule has 1 aromatic rings. The maximum Gasteiger partial charge on any atom is 0.225 e. The summed E-state index contributed by atoms with van der Waals surface area (Å²) < 4.78 is 5.64. The Labute approximate surface area is 143 Å². The zero-order chi connectivity index (χ0) is 16.4. The molecular weight excluding hydrogens is 308 g/mol. The first-order chi connectivity index (χ1) is 10.9. The summed E-state index contributed by atoms with van der Waals surface area (Å²) in [4.78, 5) is 19.7. The van der Waals surface area contributed by atoms with Gasteiger partial charge in [0, 0.05) is 23.9 Å². The Balaban J connectivity index is 1.73. The smallest absolute Gasteiger partial charge is 0.225 e. The Morgan fingerprint density at radius 2 is 2.17 bits per heavy atom. The molecule has 2 aliphatic rings. The third-order valence-electron chi connectivity index (χ3n) is 4.82. The van der Waals surface area contributed by atoms with Crippen LogP contribution in [-0.2, 0) is 14.9 Å². The summed E-state index contributed by atoms with van der Waals surface area (Å²) in [7, 11) is 0. The minimum atomic E-state index is 0.0654. The van der Waals surface area contributed by atoms with Crippen molar-refractivity contribution in [1.82, 2.24) is 9.88 Å².